The first kappa shape index (κ1) is 16.0. The Morgan fingerprint density at radius 3 is 2.84 bits per heavy atom. The van der Waals surface area contributed by atoms with Crippen LogP contribution in [-0.4, -0.2) is 24.1 Å². The van der Waals surface area contributed by atoms with Crippen LogP contribution in [0.2, 0.25) is 0 Å². The largest absolute Gasteiger partial charge is 0.496 e. The third-order valence-electron chi connectivity index (χ3n) is 3.83. The lowest BCUT2D eigenvalue weighted by molar-refractivity contribution is -0.113. The molecule has 7 heteroatoms. The molecule has 2 aliphatic rings. The molecule has 0 aromatic heterocycles. The molecule has 4 rings (SSSR count). The van der Waals surface area contributed by atoms with Crippen LogP contribution in [0.4, 0.5) is 5.69 Å². The molecule has 5 nitrogen and oxygen atoms in total. The van der Waals surface area contributed by atoms with E-state index in [1.54, 1.807) is 31.4 Å². The Balaban J connectivity index is 1.67. The Bertz CT molecular complexity index is 910. The van der Waals surface area contributed by atoms with E-state index in [1.165, 1.54) is 16.7 Å². The molecule has 0 N–H and O–H groups in total. The van der Waals surface area contributed by atoms with Crippen LogP contribution < -0.4 is 19.1 Å². The number of benzene rings is 2. The predicted octanol–water partition coefficient (Wildman–Crippen LogP) is 3.83. The van der Waals surface area contributed by atoms with Gasteiger partial charge in [0.15, 0.2) is 15.8 Å². The average Bonchev–Trinajstić information content (AvgIpc) is 3.19. The number of ether oxygens (including phenoxy) is 3. The number of para-hydroxylation sites is 1. The number of methoxy groups -OCH3 is 1. The number of hydrogen-bond donors (Lipinski definition) is 0. The van der Waals surface area contributed by atoms with E-state index < -0.39 is 0 Å². The van der Waals surface area contributed by atoms with Gasteiger partial charge in [-0.2, -0.15) is 0 Å². The third kappa shape index (κ3) is 2.85. The number of nitrogens with zero attached hydrogens (tertiary/aromatic N) is 1. The van der Waals surface area contributed by atoms with Crippen molar-refractivity contribution in [2.45, 2.75) is 0 Å². The average molecular weight is 371 g/mol. The lowest BCUT2D eigenvalue weighted by Crippen LogP contribution is -2.27. The van der Waals surface area contributed by atoms with Crippen LogP contribution in [-0.2, 0) is 4.79 Å². The van der Waals surface area contributed by atoms with Gasteiger partial charge in [-0.1, -0.05) is 42.2 Å². The summed E-state index contributed by atoms with van der Waals surface area (Å²) in [6.45, 7) is 0.185. The van der Waals surface area contributed by atoms with Crippen molar-refractivity contribution >= 4 is 46.0 Å². The minimum absolute atomic E-state index is 0.167. The third-order valence-corrected chi connectivity index (χ3v) is 5.14. The zero-order valence-electron chi connectivity index (χ0n) is 13.2. The van der Waals surface area contributed by atoms with Gasteiger partial charge in [-0.3, -0.25) is 9.69 Å². The van der Waals surface area contributed by atoms with Crippen molar-refractivity contribution in [1.29, 1.82) is 0 Å². The van der Waals surface area contributed by atoms with Crippen LogP contribution in [0.3, 0.4) is 0 Å². The van der Waals surface area contributed by atoms with Crippen molar-refractivity contribution < 1.29 is 19.0 Å². The topological polar surface area (TPSA) is 48.0 Å². The van der Waals surface area contributed by atoms with Crippen molar-refractivity contribution in [3.8, 4) is 17.2 Å². The van der Waals surface area contributed by atoms with Gasteiger partial charge in [-0.05, 0) is 24.3 Å². The maximum absolute atomic E-state index is 12.9. The number of carbonyl (C=O) groups is 1. The minimum Gasteiger partial charge on any atom is -0.496 e. The van der Waals surface area contributed by atoms with Gasteiger partial charge in [-0.15, -0.1) is 0 Å². The van der Waals surface area contributed by atoms with Crippen molar-refractivity contribution in [3.63, 3.8) is 0 Å². The first-order valence-corrected chi connectivity index (χ1v) is 8.70. The second-order valence-electron chi connectivity index (χ2n) is 5.30. The van der Waals surface area contributed by atoms with Crippen LogP contribution >= 0.6 is 24.0 Å². The molecule has 0 unspecified atom stereocenters. The molecule has 0 bridgehead atoms. The molecule has 1 fully saturated rings. The summed E-state index contributed by atoms with van der Waals surface area (Å²) in [5.74, 6) is 1.81. The molecule has 2 aromatic carbocycles. The van der Waals surface area contributed by atoms with E-state index in [0.717, 1.165) is 5.56 Å². The van der Waals surface area contributed by atoms with E-state index in [-0.39, 0.29) is 12.7 Å². The van der Waals surface area contributed by atoms with E-state index in [1.807, 2.05) is 24.3 Å². The number of carbonyl (C=O) groups excluding carboxylic acids is 1. The van der Waals surface area contributed by atoms with Gasteiger partial charge in [-0.25, -0.2) is 0 Å². The van der Waals surface area contributed by atoms with Gasteiger partial charge >= 0.3 is 0 Å². The van der Waals surface area contributed by atoms with Crippen LogP contribution in [0.1, 0.15) is 5.56 Å². The minimum atomic E-state index is -0.167. The highest BCUT2D eigenvalue weighted by molar-refractivity contribution is 8.27. The molecule has 0 saturated carbocycles. The highest BCUT2D eigenvalue weighted by Crippen LogP contribution is 2.41. The van der Waals surface area contributed by atoms with Crippen LogP contribution in [0.15, 0.2) is 47.4 Å². The zero-order chi connectivity index (χ0) is 17.4. The molecule has 126 valence electrons. The van der Waals surface area contributed by atoms with Gasteiger partial charge in [0.05, 0.1) is 17.7 Å². The Morgan fingerprint density at radius 2 is 2.00 bits per heavy atom. The SMILES string of the molecule is COc1ccccc1/C=C1\SC(=S)N(c2ccc3c(c2)OCO3)C1=O. The maximum atomic E-state index is 12.9. The van der Waals surface area contributed by atoms with Gasteiger partial charge in [0.25, 0.3) is 5.91 Å². The normalized spacial score (nSPS) is 17.5. The Kier molecular flexibility index (Phi) is 4.10. The fourth-order valence-electron chi connectivity index (χ4n) is 2.64. The van der Waals surface area contributed by atoms with Gasteiger partial charge < -0.3 is 14.2 Å². The summed E-state index contributed by atoms with van der Waals surface area (Å²) in [6, 6.07) is 12.9. The Labute approximate surface area is 154 Å². The highest BCUT2D eigenvalue weighted by atomic mass is 32.2. The molecule has 0 radical (unpaired) electrons. The van der Waals surface area contributed by atoms with E-state index in [9.17, 15) is 4.79 Å². The van der Waals surface area contributed by atoms with Crippen LogP contribution in [0.25, 0.3) is 6.08 Å². The van der Waals surface area contributed by atoms with Gasteiger partial charge in [0.2, 0.25) is 6.79 Å². The van der Waals surface area contributed by atoms with Crippen molar-refractivity contribution in [2.24, 2.45) is 0 Å². The van der Waals surface area contributed by atoms with E-state index in [2.05, 4.69) is 0 Å². The summed E-state index contributed by atoms with van der Waals surface area (Å²) in [5.41, 5.74) is 1.49. The molecule has 0 aliphatic carbocycles. The summed E-state index contributed by atoms with van der Waals surface area (Å²) >= 11 is 6.67. The monoisotopic (exact) mass is 371 g/mol. The smallest absolute Gasteiger partial charge is 0.270 e. The fourth-order valence-corrected chi connectivity index (χ4v) is 3.93. The number of amides is 1. The number of thiocarbonyl (C=S) groups is 1. The number of fused-ring (bicyclic) bond motifs is 1. The molecule has 2 heterocycles. The van der Waals surface area contributed by atoms with Crippen LogP contribution in [0.5, 0.6) is 17.2 Å². The summed E-state index contributed by atoms with van der Waals surface area (Å²) in [7, 11) is 1.60. The summed E-state index contributed by atoms with van der Waals surface area (Å²) in [6.07, 6.45) is 1.80. The molecule has 0 atom stereocenters. The van der Waals surface area contributed by atoms with Gasteiger partial charge in [0.1, 0.15) is 5.75 Å². The standard InChI is InChI=1S/C18H13NO4S2/c1-21-13-5-3-2-4-11(13)8-16-17(20)19(18(24)25-16)12-6-7-14-15(9-12)23-10-22-14/h2-9H,10H2,1H3/b16-8-. The molecule has 0 spiro atoms. The maximum Gasteiger partial charge on any atom is 0.270 e. The van der Waals surface area contributed by atoms with E-state index in [4.69, 9.17) is 26.4 Å². The summed E-state index contributed by atoms with van der Waals surface area (Å²) in [4.78, 5) is 14.9. The molecule has 25 heavy (non-hydrogen) atoms. The molecule has 1 amide bonds. The lowest BCUT2D eigenvalue weighted by atomic mass is 10.2. The van der Waals surface area contributed by atoms with Gasteiger partial charge in [0, 0.05) is 11.6 Å². The van der Waals surface area contributed by atoms with Crippen molar-refractivity contribution in [3.05, 3.63) is 52.9 Å². The number of rotatable bonds is 3. The van der Waals surface area contributed by atoms with E-state index in [0.29, 0.717) is 32.2 Å². The number of anilines is 1. The second kappa shape index (κ2) is 6.42. The number of thioether (sulfide) groups is 1. The zero-order valence-corrected chi connectivity index (χ0v) is 14.9. The Hall–Kier alpha value is -2.51. The number of hydrogen-bond acceptors (Lipinski definition) is 6. The van der Waals surface area contributed by atoms with Crippen molar-refractivity contribution in [1.82, 2.24) is 0 Å². The Morgan fingerprint density at radius 1 is 1.20 bits per heavy atom. The molecular formula is C18H13NO4S2. The van der Waals surface area contributed by atoms with E-state index >= 15 is 0 Å². The first-order chi connectivity index (χ1) is 12.2. The fraction of sp³-hybridized carbons (Fsp3) is 0.111. The lowest BCUT2D eigenvalue weighted by Gasteiger charge is -2.14. The first-order valence-electron chi connectivity index (χ1n) is 7.48. The molecular weight excluding hydrogens is 358 g/mol. The van der Waals surface area contributed by atoms with Crippen molar-refractivity contribution in [2.75, 3.05) is 18.8 Å². The summed E-state index contributed by atoms with van der Waals surface area (Å²) in [5, 5.41) is 0. The second-order valence-corrected chi connectivity index (χ2v) is 6.97. The molecule has 2 aliphatic heterocycles. The summed E-state index contributed by atoms with van der Waals surface area (Å²) < 4.78 is 16.5. The van der Waals surface area contributed by atoms with Crippen LogP contribution in [0, 0.1) is 0 Å². The molecule has 2 aromatic rings. The molecule has 1 saturated heterocycles. The highest BCUT2D eigenvalue weighted by Gasteiger charge is 2.34. The quantitative estimate of drug-likeness (QED) is 0.604. The predicted molar refractivity (Wildman–Crippen MR) is 101 cm³/mol.